The summed E-state index contributed by atoms with van der Waals surface area (Å²) in [5.74, 6) is 1.13. The predicted octanol–water partition coefficient (Wildman–Crippen LogP) is 1.01. The molecule has 1 aliphatic carbocycles. The number of amidine groups is 1. The van der Waals surface area contributed by atoms with E-state index in [1.54, 1.807) is 7.05 Å². The van der Waals surface area contributed by atoms with E-state index in [0.29, 0.717) is 24.3 Å². The molecule has 1 saturated carbocycles. The largest absolute Gasteiger partial charge is 0.395 e. The van der Waals surface area contributed by atoms with Gasteiger partial charge in [-0.2, -0.15) is 0 Å². The smallest absolute Gasteiger partial charge is 0.233 e. The molecule has 0 unspecified atom stereocenters. The van der Waals surface area contributed by atoms with Crippen molar-refractivity contribution < 1.29 is 5.11 Å². The first-order chi connectivity index (χ1) is 11.7. The van der Waals surface area contributed by atoms with Crippen LogP contribution in [-0.4, -0.2) is 48.9 Å². The summed E-state index contributed by atoms with van der Waals surface area (Å²) in [6.07, 6.45) is 2.29. The van der Waals surface area contributed by atoms with E-state index in [2.05, 4.69) is 32.7 Å². The van der Waals surface area contributed by atoms with Gasteiger partial charge in [-0.1, -0.05) is 24.8 Å². The molecular formula is C17H22N6O. The van der Waals surface area contributed by atoms with Crippen LogP contribution in [0.2, 0.25) is 0 Å². The van der Waals surface area contributed by atoms with Gasteiger partial charge in [-0.05, 0) is 18.9 Å². The van der Waals surface area contributed by atoms with Gasteiger partial charge in [-0.25, -0.2) is 15.4 Å². The van der Waals surface area contributed by atoms with Crippen molar-refractivity contribution in [2.24, 2.45) is 15.0 Å². The zero-order valence-electron chi connectivity index (χ0n) is 13.7. The Hall–Kier alpha value is -2.51. The molecule has 4 N–H and O–H groups in total. The van der Waals surface area contributed by atoms with Crippen LogP contribution >= 0.6 is 0 Å². The molecule has 1 fully saturated rings. The van der Waals surface area contributed by atoms with E-state index in [1.807, 2.05) is 24.3 Å². The second-order valence-electron chi connectivity index (χ2n) is 5.66. The van der Waals surface area contributed by atoms with Crippen LogP contribution in [0.15, 0.2) is 45.8 Å². The number of fused-ring (bicyclic) bond motifs is 1. The van der Waals surface area contributed by atoms with Crippen LogP contribution in [0.25, 0.3) is 5.57 Å². The molecular weight excluding hydrogens is 304 g/mol. The zero-order chi connectivity index (χ0) is 16.9. The summed E-state index contributed by atoms with van der Waals surface area (Å²) in [6.45, 7) is 4.63. The SMILES string of the molecule is C=C1/C(=N\C(=N/C)NNCCO)C(NC2CC2)=Nc2ccccc21. The molecule has 2 aliphatic rings. The Bertz CT molecular complexity index is 718. The molecule has 0 spiro atoms. The minimum absolute atomic E-state index is 0.0244. The number of nitrogens with one attached hydrogen (secondary N) is 3. The summed E-state index contributed by atoms with van der Waals surface area (Å²) in [5.41, 5.74) is 9.09. The molecule has 1 heterocycles. The summed E-state index contributed by atoms with van der Waals surface area (Å²) < 4.78 is 0. The summed E-state index contributed by atoms with van der Waals surface area (Å²) >= 11 is 0. The number of hydrogen-bond donors (Lipinski definition) is 4. The van der Waals surface area contributed by atoms with Crippen molar-refractivity contribution in [3.8, 4) is 0 Å². The highest BCUT2D eigenvalue weighted by molar-refractivity contribution is 6.60. The third kappa shape index (κ3) is 3.69. The highest BCUT2D eigenvalue weighted by Gasteiger charge is 2.28. The third-order valence-corrected chi connectivity index (χ3v) is 3.76. The molecule has 0 radical (unpaired) electrons. The van der Waals surface area contributed by atoms with E-state index in [-0.39, 0.29) is 6.61 Å². The fourth-order valence-corrected chi connectivity index (χ4v) is 2.35. The molecule has 0 amide bonds. The van der Waals surface area contributed by atoms with Crippen molar-refractivity contribution >= 4 is 28.8 Å². The average molecular weight is 326 g/mol. The lowest BCUT2D eigenvalue weighted by molar-refractivity contribution is 0.289. The first-order valence-electron chi connectivity index (χ1n) is 8.02. The summed E-state index contributed by atoms with van der Waals surface area (Å²) in [4.78, 5) is 13.4. The van der Waals surface area contributed by atoms with Crippen molar-refractivity contribution in [3.05, 3.63) is 36.4 Å². The third-order valence-electron chi connectivity index (χ3n) is 3.76. The molecule has 0 bridgehead atoms. The molecule has 3 rings (SSSR count). The number of benzene rings is 1. The standard InChI is InChI=1S/C17H22N6O/c1-11-13-5-3-4-6-14(13)21-16(20-12-7-8-12)15(11)22-17(18-2)23-19-9-10-24/h3-6,12,19,24H,1,7-10H2,2H3,(H,18,23)(H,20,21)/b22-15+. The Kier molecular flexibility index (Phi) is 5.02. The van der Waals surface area contributed by atoms with Crippen LogP contribution in [0.1, 0.15) is 18.4 Å². The lowest BCUT2D eigenvalue weighted by Gasteiger charge is -2.21. The maximum atomic E-state index is 8.85. The van der Waals surface area contributed by atoms with Gasteiger partial charge < -0.3 is 10.4 Å². The molecule has 24 heavy (non-hydrogen) atoms. The number of aliphatic hydroxyl groups is 1. The number of nitrogens with zero attached hydrogens (tertiary/aromatic N) is 3. The van der Waals surface area contributed by atoms with Gasteiger partial charge >= 0.3 is 0 Å². The van der Waals surface area contributed by atoms with Gasteiger partial charge in [0.1, 0.15) is 5.71 Å². The van der Waals surface area contributed by atoms with Crippen molar-refractivity contribution in [1.82, 2.24) is 16.2 Å². The van der Waals surface area contributed by atoms with Gasteiger partial charge in [0.25, 0.3) is 0 Å². The Balaban J connectivity index is 1.91. The second kappa shape index (κ2) is 7.37. The zero-order valence-corrected chi connectivity index (χ0v) is 13.7. The molecule has 1 aliphatic heterocycles. The average Bonchev–Trinajstić information content (AvgIpc) is 3.41. The summed E-state index contributed by atoms with van der Waals surface area (Å²) in [7, 11) is 1.65. The van der Waals surface area contributed by atoms with Crippen molar-refractivity contribution in [2.75, 3.05) is 20.2 Å². The number of aliphatic hydroxyl groups excluding tert-OH is 1. The van der Waals surface area contributed by atoms with Crippen LogP contribution in [-0.2, 0) is 0 Å². The van der Waals surface area contributed by atoms with E-state index < -0.39 is 0 Å². The first-order valence-corrected chi connectivity index (χ1v) is 8.02. The highest BCUT2D eigenvalue weighted by Crippen LogP contribution is 2.31. The summed E-state index contributed by atoms with van der Waals surface area (Å²) in [5, 5.41) is 12.3. The van der Waals surface area contributed by atoms with E-state index in [0.717, 1.165) is 35.5 Å². The lowest BCUT2D eigenvalue weighted by Crippen LogP contribution is -2.41. The van der Waals surface area contributed by atoms with Gasteiger partial charge in [0, 0.05) is 30.8 Å². The van der Waals surface area contributed by atoms with Crippen molar-refractivity contribution in [1.29, 1.82) is 0 Å². The molecule has 7 nitrogen and oxygen atoms in total. The maximum Gasteiger partial charge on any atom is 0.233 e. The predicted molar refractivity (Wildman–Crippen MR) is 97.7 cm³/mol. The van der Waals surface area contributed by atoms with Gasteiger partial charge in [0.15, 0.2) is 5.84 Å². The number of aliphatic imine (C=N–C) groups is 3. The normalized spacial score (nSPS) is 19.1. The lowest BCUT2D eigenvalue weighted by atomic mass is 9.97. The van der Waals surface area contributed by atoms with Crippen LogP contribution in [0.5, 0.6) is 0 Å². The highest BCUT2D eigenvalue weighted by atomic mass is 16.3. The minimum Gasteiger partial charge on any atom is -0.395 e. The van der Waals surface area contributed by atoms with Crippen molar-refractivity contribution in [3.63, 3.8) is 0 Å². The minimum atomic E-state index is 0.0244. The topological polar surface area (TPSA) is 93.4 Å². The van der Waals surface area contributed by atoms with E-state index in [4.69, 9.17) is 10.1 Å². The fourth-order valence-electron chi connectivity index (χ4n) is 2.35. The van der Waals surface area contributed by atoms with Gasteiger partial charge in [-0.3, -0.25) is 10.4 Å². The molecule has 0 atom stereocenters. The molecule has 126 valence electrons. The van der Waals surface area contributed by atoms with Gasteiger partial charge in [0.05, 0.1) is 12.3 Å². The Morgan fingerprint density at radius 3 is 2.88 bits per heavy atom. The molecule has 0 aromatic heterocycles. The number of guanidine groups is 1. The number of para-hydroxylation sites is 1. The van der Waals surface area contributed by atoms with Crippen LogP contribution in [0.3, 0.4) is 0 Å². The second-order valence-corrected chi connectivity index (χ2v) is 5.66. The number of rotatable bonds is 4. The molecule has 1 aromatic carbocycles. The fraction of sp³-hybridized carbons (Fsp3) is 0.353. The van der Waals surface area contributed by atoms with Gasteiger partial charge in [-0.15, -0.1) is 0 Å². The van der Waals surface area contributed by atoms with E-state index >= 15 is 0 Å². The number of hydrogen-bond acceptors (Lipinski definition) is 5. The molecule has 0 saturated heterocycles. The summed E-state index contributed by atoms with van der Waals surface area (Å²) in [6, 6.07) is 8.35. The maximum absolute atomic E-state index is 8.85. The Morgan fingerprint density at radius 2 is 2.17 bits per heavy atom. The van der Waals surface area contributed by atoms with Crippen LogP contribution < -0.4 is 16.2 Å². The molecule has 7 heteroatoms. The van der Waals surface area contributed by atoms with Gasteiger partial charge in [0.2, 0.25) is 5.96 Å². The first kappa shape index (κ1) is 16.4. The van der Waals surface area contributed by atoms with Crippen molar-refractivity contribution in [2.45, 2.75) is 18.9 Å². The Labute approximate surface area is 141 Å². The quantitative estimate of drug-likeness (QED) is 0.287. The molecule has 1 aromatic rings. The number of hydrazine groups is 1. The monoisotopic (exact) mass is 326 g/mol. The van der Waals surface area contributed by atoms with E-state index in [9.17, 15) is 0 Å². The van der Waals surface area contributed by atoms with Crippen LogP contribution in [0.4, 0.5) is 5.69 Å². The Morgan fingerprint density at radius 1 is 1.38 bits per heavy atom. The van der Waals surface area contributed by atoms with E-state index in [1.165, 1.54) is 0 Å². The van der Waals surface area contributed by atoms with Crippen LogP contribution in [0, 0.1) is 0 Å².